The lowest BCUT2D eigenvalue weighted by molar-refractivity contribution is 0.240. The molecule has 0 saturated heterocycles. The van der Waals surface area contributed by atoms with Gasteiger partial charge >= 0.3 is 6.03 Å². The van der Waals surface area contributed by atoms with Gasteiger partial charge in [0.2, 0.25) is 10.0 Å². The molecule has 0 unspecified atom stereocenters. The van der Waals surface area contributed by atoms with Crippen LogP contribution in [0.25, 0.3) is 0 Å². The van der Waals surface area contributed by atoms with Gasteiger partial charge in [-0.15, -0.1) is 0 Å². The van der Waals surface area contributed by atoms with Gasteiger partial charge in [-0.2, -0.15) is 0 Å². The molecule has 7 heteroatoms. The summed E-state index contributed by atoms with van der Waals surface area (Å²) < 4.78 is 24.8. The first-order valence-electron chi connectivity index (χ1n) is 6.98. The molecule has 0 aliphatic rings. The van der Waals surface area contributed by atoms with E-state index in [1.165, 1.54) is 0 Å². The Balaban J connectivity index is 2.16. The molecule has 1 aromatic rings. The third-order valence-electron chi connectivity index (χ3n) is 3.04. The molecule has 0 aromatic heterocycles. The zero-order valence-corrected chi connectivity index (χ0v) is 13.3. The zero-order chi connectivity index (χ0) is 15.7. The van der Waals surface area contributed by atoms with Crippen LogP contribution in [0.2, 0.25) is 0 Å². The van der Waals surface area contributed by atoms with Crippen molar-refractivity contribution in [2.45, 2.75) is 26.8 Å². The Bertz CT molecular complexity index is 558. The normalized spacial score (nSPS) is 11.1. The summed E-state index contributed by atoms with van der Waals surface area (Å²) in [5.41, 5.74) is 2.20. The van der Waals surface area contributed by atoms with Crippen molar-refractivity contribution in [1.29, 1.82) is 0 Å². The summed E-state index contributed by atoms with van der Waals surface area (Å²) in [5.74, 6) is 0.0668. The summed E-state index contributed by atoms with van der Waals surface area (Å²) in [6.45, 7) is 4.80. The topological polar surface area (TPSA) is 87.3 Å². The van der Waals surface area contributed by atoms with Crippen LogP contribution in [0.1, 0.15) is 24.5 Å². The first-order valence-corrected chi connectivity index (χ1v) is 8.63. The highest BCUT2D eigenvalue weighted by atomic mass is 32.2. The molecule has 0 spiro atoms. The van der Waals surface area contributed by atoms with Crippen LogP contribution >= 0.6 is 0 Å². The maximum Gasteiger partial charge on any atom is 0.315 e. The molecule has 0 saturated carbocycles. The number of aryl methyl sites for hydroxylation is 1. The van der Waals surface area contributed by atoms with Crippen LogP contribution in [-0.4, -0.2) is 33.3 Å². The number of benzene rings is 1. The molecule has 6 nitrogen and oxygen atoms in total. The van der Waals surface area contributed by atoms with Gasteiger partial charge in [-0.05, 0) is 31.4 Å². The Morgan fingerprint density at radius 2 is 1.86 bits per heavy atom. The predicted octanol–water partition coefficient (Wildman–Crippen LogP) is 1.12. The number of sulfonamides is 1. The van der Waals surface area contributed by atoms with E-state index in [1.807, 2.05) is 31.2 Å². The third-order valence-corrected chi connectivity index (χ3v) is 4.45. The van der Waals surface area contributed by atoms with E-state index in [9.17, 15) is 13.2 Å². The summed E-state index contributed by atoms with van der Waals surface area (Å²) in [4.78, 5) is 11.6. The highest BCUT2D eigenvalue weighted by Crippen LogP contribution is 2.05. The van der Waals surface area contributed by atoms with E-state index in [0.717, 1.165) is 11.1 Å². The van der Waals surface area contributed by atoms with Crippen molar-refractivity contribution < 1.29 is 13.2 Å². The van der Waals surface area contributed by atoms with Crippen LogP contribution in [0, 0.1) is 6.92 Å². The molecule has 0 heterocycles. The van der Waals surface area contributed by atoms with Crippen LogP contribution in [-0.2, 0) is 16.6 Å². The van der Waals surface area contributed by atoms with Gasteiger partial charge in [0, 0.05) is 19.6 Å². The summed E-state index contributed by atoms with van der Waals surface area (Å²) in [6.07, 6.45) is 0.553. The number of nitrogens with one attached hydrogen (secondary N) is 3. The molecule has 118 valence electrons. The minimum Gasteiger partial charge on any atom is -0.338 e. The van der Waals surface area contributed by atoms with Crippen molar-refractivity contribution >= 4 is 16.1 Å². The Morgan fingerprint density at radius 3 is 2.52 bits per heavy atom. The van der Waals surface area contributed by atoms with Crippen LogP contribution < -0.4 is 15.4 Å². The summed E-state index contributed by atoms with van der Waals surface area (Å²) in [5, 5.41) is 5.46. The Labute approximate surface area is 126 Å². The van der Waals surface area contributed by atoms with Gasteiger partial charge in [0.1, 0.15) is 0 Å². The molecular formula is C14H23N3O3S. The largest absolute Gasteiger partial charge is 0.338 e. The Hall–Kier alpha value is -1.60. The number of hydrogen-bond acceptors (Lipinski definition) is 3. The fraction of sp³-hybridized carbons (Fsp3) is 0.500. The molecule has 1 aromatic carbocycles. The summed E-state index contributed by atoms with van der Waals surface area (Å²) in [7, 11) is -3.15. The molecule has 0 atom stereocenters. The first kappa shape index (κ1) is 17.5. The second kappa shape index (κ2) is 8.63. The first-order chi connectivity index (χ1) is 9.94. The minimum atomic E-state index is -3.15. The number of urea groups is 1. The zero-order valence-electron chi connectivity index (χ0n) is 12.5. The Morgan fingerprint density at radius 1 is 1.14 bits per heavy atom. The number of rotatable bonds is 8. The summed E-state index contributed by atoms with van der Waals surface area (Å²) in [6, 6.07) is 7.60. The maximum atomic E-state index is 11.6. The van der Waals surface area contributed by atoms with E-state index in [2.05, 4.69) is 15.4 Å². The molecule has 21 heavy (non-hydrogen) atoms. The molecule has 0 fully saturated rings. The lowest BCUT2D eigenvalue weighted by Crippen LogP contribution is -2.37. The molecular weight excluding hydrogens is 290 g/mol. The van der Waals surface area contributed by atoms with Crippen molar-refractivity contribution in [3.8, 4) is 0 Å². The van der Waals surface area contributed by atoms with E-state index >= 15 is 0 Å². The van der Waals surface area contributed by atoms with E-state index in [4.69, 9.17) is 0 Å². The standard InChI is InChI=1S/C14H23N3O3S/c1-3-21(19,20)17-10-6-9-15-14(18)16-11-13-8-5-4-7-12(13)2/h4-5,7-8,17H,3,6,9-11H2,1-2H3,(H2,15,16,18). The second-order valence-electron chi connectivity index (χ2n) is 4.69. The average molecular weight is 313 g/mol. The third kappa shape index (κ3) is 7.10. The van der Waals surface area contributed by atoms with Crippen molar-refractivity contribution in [2.75, 3.05) is 18.8 Å². The molecule has 2 amide bonds. The van der Waals surface area contributed by atoms with E-state index in [1.54, 1.807) is 6.92 Å². The van der Waals surface area contributed by atoms with E-state index in [-0.39, 0.29) is 11.8 Å². The number of hydrogen-bond donors (Lipinski definition) is 3. The second-order valence-corrected chi connectivity index (χ2v) is 6.78. The van der Waals surface area contributed by atoms with Crippen molar-refractivity contribution in [2.24, 2.45) is 0 Å². The maximum absolute atomic E-state index is 11.6. The summed E-state index contributed by atoms with van der Waals surface area (Å²) >= 11 is 0. The molecule has 1 rings (SSSR count). The van der Waals surface area contributed by atoms with Crippen LogP contribution in [0.4, 0.5) is 4.79 Å². The van der Waals surface area contributed by atoms with Gasteiger partial charge in [0.25, 0.3) is 0 Å². The number of amides is 2. The van der Waals surface area contributed by atoms with Gasteiger partial charge in [-0.3, -0.25) is 0 Å². The highest BCUT2D eigenvalue weighted by molar-refractivity contribution is 7.89. The lowest BCUT2D eigenvalue weighted by atomic mass is 10.1. The molecule has 0 bridgehead atoms. The van der Waals surface area contributed by atoms with Gasteiger partial charge in [-0.1, -0.05) is 24.3 Å². The van der Waals surface area contributed by atoms with Gasteiger partial charge < -0.3 is 10.6 Å². The lowest BCUT2D eigenvalue weighted by Gasteiger charge is -2.09. The van der Waals surface area contributed by atoms with Gasteiger partial charge in [0.15, 0.2) is 0 Å². The number of carbonyl (C=O) groups is 1. The smallest absolute Gasteiger partial charge is 0.315 e. The minimum absolute atomic E-state index is 0.0668. The van der Waals surface area contributed by atoms with Crippen molar-refractivity contribution in [3.63, 3.8) is 0 Å². The van der Waals surface area contributed by atoms with E-state index in [0.29, 0.717) is 26.1 Å². The highest BCUT2D eigenvalue weighted by Gasteiger charge is 2.05. The van der Waals surface area contributed by atoms with Gasteiger partial charge in [-0.25, -0.2) is 17.9 Å². The molecule has 0 radical (unpaired) electrons. The molecule has 3 N–H and O–H groups in total. The van der Waals surface area contributed by atoms with Crippen LogP contribution in [0.15, 0.2) is 24.3 Å². The average Bonchev–Trinajstić information content (AvgIpc) is 2.46. The SMILES string of the molecule is CCS(=O)(=O)NCCCNC(=O)NCc1ccccc1C. The van der Waals surface area contributed by atoms with Crippen molar-refractivity contribution in [3.05, 3.63) is 35.4 Å². The van der Waals surface area contributed by atoms with Gasteiger partial charge in [0.05, 0.1) is 5.75 Å². The number of carbonyl (C=O) groups excluding carboxylic acids is 1. The van der Waals surface area contributed by atoms with E-state index < -0.39 is 10.0 Å². The Kier molecular flexibility index (Phi) is 7.18. The molecule has 0 aliphatic carbocycles. The fourth-order valence-electron chi connectivity index (χ4n) is 1.67. The van der Waals surface area contributed by atoms with Crippen molar-refractivity contribution in [1.82, 2.24) is 15.4 Å². The van der Waals surface area contributed by atoms with Crippen LogP contribution in [0.5, 0.6) is 0 Å². The predicted molar refractivity (Wildman–Crippen MR) is 83.5 cm³/mol. The van der Waals surface area contributed by atoms with Crippen LogP contribution in [0.3, 0.4) is 0 Å². The monoisotopic (exact) mass is 313 g/mol. The molecule has 0 aliphatic heterocycles. The quantitative estimate of drug-likeness (QED) is 0.629. The fourth-order valence-corrected chi connectivity index (χ4v) is 2.33.